The second-order valence-corrected chi connectivity index (χ2v) is 5.15. The van der Waals surface area contributed by atoms with Crippen molar-refractivity contribution in [2.45, 2.75) is 26.7 Å². The summed E-state index contributed by atoms with van der Waals surface area (Å²) in [6.45, 7) is 6.19. The molecular weight excluding hydrogens is 262 g/mol. The average molecular weight is 281 g/mol. The molecule has 1 N–H and O–H groups in total. The Morgan fingerprint density at radius 1 is 1.05 bits per heavy atom. The number of hydrogen-bond donors (Lipinski definition) is 1. The molecule has 4 heteroatoms. The molecule has 1 amide bonds. The van der Waals surface area contributed by atoms with Gasteiger partial charge in [0.25, 0.3) is 5.91 Å². The number of pyridine rings is 1. The van der Waals surface area contributed by atoms with Crippen LogP contribution in [0.2, 0.25) is 0 Å². The molecule has 0 spiro atoms. The molecule has 1 aromatic carbocycles. The van der Waals surface area contributed by atoms with Crippen molar-refractivity contribution in [1.82, 2.24) is 10.4 Å². The summed E-state index contributed by atoms with van der Waals surface area (Å²) in [6, 6.07) is 11.5. The molecule has 0 atom stereocenters. The molecule has 0 radical (unpaired) electrons. The molecule has 0 saturated carbocycles. The van der Waals surface area contributed by atoms with Gasteiger partial charge in [0.1, 0.15) is 0 Å². The van der Waals surface area contributed by atoms with Gasteiger partial charge in [0.15, 0.2) is 0 Å². The maximum Gasteiger partial charge on any atom is 0.271 e. The Morgan fingerprint density at radius 3 is 2.24 bits per heavy atom. The van der Waals surface area contributed by atoms with Gasteiger partial charge in [-0.2, -0.15) is 5.10 Å². The lowest BCUT2D eigenvalue weighted by atomic mass is 10.0. The van der Waals surface area contributed by atoms with Crippen LogP contribution in [0.1, 0.15) is 48.2 Å². The molecule has 1 aromatic heterocycles. The number of hydrazone groups is 1. The first kappa shape index (κ1) is 14.9. The fourth-order valence-corrected chi connectivity index (χ4v) is 1.88. The van der Waals surface area contributed by atoms with Gasteiger partial charge in [-0.25, -0.2) is 5.43 Å². The van der Waals surface area contributed by atoms with Crippen molar-refractivity contribution in [3.05, 3.63) is 65.5 Å². The number of carbonyl (C=O) groups is 1. The van der Waals surface area contributed by atoms with E-state index in [1.54, 1.807) is 24.5 Å². The number of amides is 1. The third kappa shape index (κ3) is 3.99. The van der Waals surface area contributed by atoms with Crippen molar-refractivity contribution in [3.8, 4) is 0 Å². The monoisotopic (exact) mass is 281 g/mol. The van der Waals surface area contributed by atoms with E-state index in [1.165, 1.54) is 5.56 Å². The van der Waals surface area contributed by atoms with E-state index in [1.807, 2.05) is 19.1 Å². The SMILES string of the molecule is C/C(=N/NC(=O)c1ccncc1)c1ccc(C(C)C)cc1. The number of rotatable bonds is 4. The number of carbonyl (C=O) groups excluding carboxylic acids is 1. The van der Waals surface area contributed by atoms with Crippen molar-refractivity contribution < 1.29 is 4.79 Å². The smallest absolute Gasteiger partial charge is 0.267 e. The summed E-state index contributed by atoms with van der Waals surface area (Å²) < 4.78 is 0. The van der Waals surface area contributed by atoms with Crippen molar-refractivity contribution in [2.75, 3.05) is 0 Å². The van der Waals surface area contributed by atoms with Gasteiger partial charge in [-0.3, -0.25) is 9.78 Å². The van der Waals surface area contributed by atoms with Gasteiger partial charge in [0.2, 0.25) is 0 Å². The molecule has 108 valence electrons. The first-order valence-corrected chi connectivity index (χ1v) is 6.93. The van der Waals surface area contributed by atoms with Gasteiger partial charge < -0.3 is 0 Å². The Morgan fingerprint density at radius 2 is 1.67 bits per heavy atom. The standard InChI is InChI=1S/C17H19N3O/c1-12(2)14-4-6-15(7-5-14)13(3)19-20-17(21)16-8-10-18-11-9-16/h4-12H,1-3H3,(H,20,21)/b19-13-. The molecule has 0 unspecified atom stereocenters. The fourth-order valence-electron chi connectivity index (χ4n) is 1.88. The molecule has 2 rings (SSSR count). The van der Waals surface area contributed by atoms with E-state index >= 15 is 0 Å². The Kier molecular flexibility index (Phi) is 4.82. The van der Waals surface area contributed by atoms with Crippen LogP contribution in [0.25, 0.3) is 0 Å². The highest BCUT2D eigenvalue weighted by Crippen LogP contribution is 2.15. The normalized spacial score (nSPS) is 11.5. The second kappa shape index (κ2) is 6.79. The zero-order valence-corrected chi connectivity index (χ0v) is 12.5. The topological polar surface area (TPSA) is 54.4 Å². The number of hydrogen-bond acceptors (Lipinski definition) is 3. The Labute approximate surface area is 124 Å². The third-order valence-corrected chi connectivity index (χ3v) is 3.26. The molecule has 0 fully saturated rings. The maximum atomic E-state index is 11.9. The van der Waals surface area contributed by atoms with Crippen molar-refractivity contribution in [1.29, 1.82) is 0 Å². The van der Waals surface area contributed by atoms with Crippen LogP contribution in [-0.4, -0.2) is 16.6 Å². The fraction of sp³-hybridized carbons (Fsp3) is 0.235. The molecule has 0 bridgehead atoms. The molecule has 21 heavy (non-hydrogen) atoms. The molecule has 2 aromatic rings. The van der Waals surface area contributed by atoms with Crippen LogP contribution in [0.15, 0.2) is 53.9 Å². The number of aromatic nitrogens is 1. The van der Waals surface area contributed by atoms with E-state index in [9.17, 15) is 4.79 Å². The summed E-state index contributed by atoms with van der Waals surface area (Å²) >= 11 is 0. The van der Waals surface area contributed by atoms with E-state index < -0.39 is 0 Å². The Hall–Kier alpha value is -2.49. The summed E-state index contributed by atoms with van der Waals surface area (Å²) in [5.41, 5.74) is 6.14. The van der Waals surface area contributed by atoms with Crippen LogP contribution in [0, 0.1) is 0 Å². The summed E-state index contributed by atoms with van der Waals surface area (Å²) in [5.74, 6) is 0.262. The van der Waals surface area contributed by atoms with Gasteiger partial charge in [-0.15, -0.1) is 0 Å². The minimum absolute atomic E-state index is 0.240. The molecule has 0 saturated heterocycles. The lowest BCUT2D eigenvalue weighted by Crippen LogP contribution is -2.19. The first-order chi connectivity index (χ1) is 10.1. The predicted octanol–water partition coefficient (Wildman–Crippen LogP) is 3.36. The second-order valence-electron chi connectivity index (χ2n) is 5.15. The van der Waals surface area contributed by atoms with Crippen LogP contribution in [0.4, 0.5) is 0 Å². The van der Waals surface area contributed by atoms with Gasteiger partial charge in [0, 0.05) is 18.0 Å². The molecule has 4 nitrogen and oxygen atoms in total. The zero-order valence-electron chi connectivity index (χ0n) is 12.5. The first-order valence-electron chi connectivity index (χ1n) is 6.93. The van der Waals surface area contributed by atoms with Crippen LogP contribution < -0.4 is 5.43 Å². The Balaban J connectivity index is 2.05. The molecule has 1 heterocycles. The quantitative estimate of drug-likeness (QED) is 0.690. The van der Waals surface area contributed by atoms with Gasteiger partial charge >= 0.3 is 0 Å². The van der Waals surface area contributed by atoms with Gasteiger partial charge in [-0.1, -0.05) is 38.1 Å². The highest BCUT2D eigenvalue weighted by atomic mass is 16.2. The van der Waals surface area contributed by atoms with E-state index in [-0.39, 0.29) is 5.91 Å². The van der Waals surface area contributed by atoms with E-state index in [4.69, 9.17) is 0 Å². The van der Waals surface area contributed by atoms with Crippen LogP contribution >= 0.6 is 0 Å². The average Bonchev–Trinajstić information content (AvgIpc) is 2.53. The summed E-state index contributed by atoms with van der Waals surface area (Å²) in [7, 11) is 0. The highest BCUT2D eigenvalue weighted by Gasteiger charge is 2.04. The van der Waals surface area contributed by atoms with Crippen molar-refractivity contribution in [3.63, 3.8) is 0 Å². The lowest BCUT2D eigenvalue weighted by Gasteiger charge is -2.07. The largest absolute Gasteiger partial charge is 0.271 e. The lowest BCUT2D eigenvalue weighted by molar-refractivity contribution is 0.0954. The number of nitrogens with zero attached hydrogens (tertiary/aromatic N) is 2. The number of benzene rings is 1. The summed E-state index contributed by atoms with van der Waals surface area (Å²) in [4.78, 5) is 15.8. The maximum absolute atomic E-state index is 11.9. The van der Waals surface area contributed by atoms with E-state index in [2.05, 4.69) is 41.5 Å². The number of nitrogens with one attached hydrogen (secondary N) is 1. The van der Waals surface area contributed by atoms with Gasteiger partial charge in [0.05, 0.1) is 5.71 Å². The summed E-state index contributed by atoms with van der Waals surface area (Å²) in [5, 5.41) is 4.14. The van der Waals surface area contributed by atoms with Crippen LogP contribution in [0.5, 0.6) is 0 Å². The molecule has 0 aliphatic carbocycles. The molecule has 0 aliphatic heterocycles. The predicted molar refractivity (Wildman–Crippen MR) is 84.4 cm³/mol. The van der Waals surface area contributed by atoms with Gasteiger partial charge in [-0.05, 0) is 36.1 Å². The van der Waals surface area contributed by atoms with E-state index in [0.29, 0.717) is 11.5 Å². The van der Waals surface area contributed by atoms with Crippen LogP contribution in [-0.2, 0) is 0 Å². The van der Waals surface area contributed by atoms with Crippen molar-refractivity contribution in [2.24, 2.45) is 5.10 Å². The third-order valence-electron chi connectivity index (χ3n) is 3.26. The minimum atomic E-state index is -0.240. The molecule has 0 aliphatic rings. The Bertz CT molecular complexity index is 631. The zero-order chi connectivity index (χ0) is 15.2. The summed E-state index contributed by atoms with van der Waals surface area (Å²) in [6.07, 6.45) is 3.16. The van der Waals surface area contributed by atoms with Crippen molar-refractivity contribution >= 4 is 11.6 Å². The highest BCUT2D eigenvalue weighted by molar-refractivity contribution is 6.00. The van der Waals surface area contributed by atoms with Crippen LogP contribution in [0.3, 0.4) is 0 Å². The minimum Gasteiger partial charge on any atom is -0.267 e. The van der Waals surface area contributed by atoms with E-state index in [0.717, 1.165) is 11.3 Å². The molecular formula is C17H19N3O.